The summed E-state index contributed by atoms with van der Waals surface area (Å²) in [5.74, 6) is -3.49. The molecule has 0 aromatic heterocycles. The number of alkyl halides is 2. The molecule has 2 aliphatic heterocycles. The van der Waals surface area contributed by atoms with Gasteiger partial charge >= 0.3 is 5.76 Å². The van der Waals surface area contributed by atoms with E-state index in [4.69, 9.17) is 10.5 Å². The summed E-state index contributed by atoms with van der Waals surface area (Å²) in [6.45, 7) is 0.903. The van der Waals surface area contributed by atoms with E-state index in [-0.39, 0.29) is 43.4 Å². The van der Waals surface area contributed by atoms with Gasteiger partial charge in [0, 0.05) is 26.2 Å². The minimum Gasteiger partial charge on any atom is -0.364 e. The number of piperidine rings is 1. The normalized spacial score (nSPS) is 26.3. The van der Waals surface area contributed by atoms with Gasteiger partial charge in [0.1, 0.15) is 6.10 Å². The third-order valence-corrected chi connectivity index (χ3v) is 5.92. The Morgan fingerprint density at radius 3 is 2.38 bits per heavy atom. The average Bonchev–Trinajstić information content (AvgIpc) is 3.02. The van der Waals surface area contributed by atoms with Crippen molar-refractivity contribution in [1.82, 2.24) is 9.62 Å². The average molecular weight is 392 g/mol. The van der Waals surface area contributed by atoms with Gasteiger partial charge in [0.25, 0.3) is 10.0 Å². The Morgan fingerprint density at radius 1 is 1.25 bits per heavy atom. The van der Waals surface area contributed by atoms with Crippen LogP contribution in [-0.4, -0.2) is 62.8 Å². The Bertz CT molecular complexity index is 515. The van der Waals surface area contributed by atoms with Crippen LogP contribution in [0.15, 0.2) is 0 Å². The van der Waals surface area contributed by atoms with Crippen LogP contribution in [0.4, 0.5) is 8.78 Å². The van der Waals surface area contributed by atoms with Gasteiger partial charge in [0.15, 0.2) is 0 Å². The number of ether oxygens (including phenoxy) is 1. The predicted molar refractivity (Wildman–Crippen MR) is 86.4 cm³/mol. The van der Waals surface area contributed by atoms with Gasteiger partial charge in [0.05, 0.1) is 6.10 Å². The third-order valence-electron chi connectivity index (χ3n) is 4.39. The van der Waals surface area contributed by atoms with Crippen molar-refractivity contribution in [2.45, 2.75) is 43.6 Å². The quantitative estimate of drug-likeness (QED) is 0.677. The first-order valence-corrected chi connectivity index (χ1v) is 9.25. The molecule has 2 saturated heterocycles. The van der Waals surface area contributed by atoms with Crippen molar-refractivity contribution in [3.8, 4) is 0 Å². The molecule has 24 heavy (non-hydrogen) atoms. The topological polar surface area (TPSA) is 102 Å². The number of sulfonamides is 1. The number of hydrogen-bond acceptors (Lipinski definition) is 5. The standard InChI is InChI=1S/C13H23F2N3O4S.ClH/c14-13(15)23(20,21)18-5-3-9(4-6-18)8-17-12(19)11-2-1-10(7-16)22-11;/h9-11,13H,1-8,16H2,(H,17,19);1H/t10-,11+;/m1./s1. The molecule has 0 saturated carbocycles. The van der Waals surface area contributed by atoms with Crippen LogP contribution in [0.3, 0.4) is 0 Å². The molecule has 2 heterocycles. The van der Waals surface area contributed by atoms with Gasteiger partial charge in [-0.25, -0.2) is 8.42 Å². The number of carbonyl (C=O) groups excluding carboxylic acids is 1. The molecule has 0 radical (unpaired) electrons. The molecule has 0 spiro atoms. The Kier molecular flexibility index (Phi) is 8.27. The summed E-state index contributed by atoms with van der Waals surface area (Å²) >= 11 is 0. The molecule has 2 rings (SSSR count). The van der Waals surface area contributed by atoms with Crippen LogP contribution in [-0.2, 0) is 19.6 Å². The molecule has 0 aromatic carbocycles. The minimum absolute atomic E-state index is 0. The lowest BCUT2D eigenvalue weighted by atomic mass is 9.98. The third kappa shape index (κ3) is 5.22. The highest BCUT2D eigenvalue weighted by Gasteiger charge is 2.35. The number of rotatable bonds is 6. The molecule has 0 bridgehead atoms. The Balaban J connectivity index is 0.00000288. The van der Waals surface area contributed by atoms with Gasteiger partial charge in [-0.15, -0.1) is 12.4 Å². The van der Waals surface area contributed by atoms with Crippen LogP contribution in [0.25, 0.3) is 0 Å². The van der Waals surface area contributed by atoms with Crippen LogP contribution in [0.5, 0.6) is 0 Å². The largest absolute Gasteiger partial charge is 0.364 e. The molecule has 2 aliphatic rings. The van der Waals surface area contributed by atoms with Crippen molar-refractivity contribution >= 4 is 28.3 Å². The summed E-state index contributed by atoms with van der Waals surface area (Å²) in [6.07, 6.45) is 1.74. The summed E-state index contributed by atoms with van der Waals surface area (Å²) in [4.78, 5) is 12.0. The van der Waals surface area contributed by atoms with Crippen molar-refractivity contribution < 1.29 is 26.7 Å². The Morgan fingerprint density at radius 2 is 1.88 bits per heavy atom. The lowest BCUT2D eigenvalue weighted by molar-refractivity contribution is -0.132. The van der Waals surface area contributed by atoms with Crippen LogP contribution < -0.4 is 11.1 Å². The van der Waals surface area contributed by atoms with Gasteiger partial charge in [-0.3, -0.25) is 4.79 Å². The smallest absolute Gasteiger partial charge is 0.350 e. The second-order valence-electron chi connectivity index (χ2n) is 5.95. The molecule has 2 fully saturated rings. The summed E-state index contributed by atoms with van der Waals surface area (Å²) in [5.41, 5.74) is 5.49. The number of halogens is 3. The molecular formula is C13H24ClF2N3O4S. The van der Waals surface area contributed by atoms with E-state index in [0.29, 0.717) is 32.4 Å². The lowest BCUT2D eigenvalue weighted by Crippen LogP contribution is -2.44. The van der Waals surface area contributed by atoms with Crippen molar-refractivity contribution in [3.05, 3.63) is 0 Å². The van der Waals surface area contributed by atoms with Crippen LogP contribution >= 0.6 is 12.4 Å². The molecule has 142 valence electrons. The van der Waals surface area contributed by atoms with E-state index in [1.54, 1.807) is 0 Å². The number of nitrogens with one attached hydrogen (secondary N) is 1. The summed E-state index contributed by atoms with van der Waals surface area (Å²) in [7, 11) is -4.50. The Labute approximate surface area is 146 Å². The van der Waals surface area contributed by atoms with Crippen molar-refractivity contribution in [3.63, 3.8) is 0 Å². The van der Waals surface area contributed by atoms with Gasteiger partial charge in [-0.05, 0) is 31.6 Å². The van der Waals surface area contributed by atoms with E-state index in [0.717, 1.165) is 10.7 Å². The van der Waals surface area contributed by atoms with Crippen molar-refractivity contribution in [2.75, 3.05) is 26.2 Å². The predicted octanol–water partition coefficient (Wildman–Crippen LogP) is 0.295. The number of nitrogens with zero attached hydrogens (tertiary/aromatic N) is 1. The van der Waals surface area contributed by atoms with E-state index >= 15 is 0 Å². The highest BCUT2D eigenvalue weighted by atomic mass is 35.5. The van der Waals surface area contributed by atoms with Gasteiger partial charge in [-0.1, -0.05) is 0 Å². The maximum atomic E-state index is 12.5. The Hall–Kier alpha value is -0.550. The molecule has 11 heteroatoms. The first kappa shape index (κ1) is 21.5. The molecule has 3 N–H and O–H groups in total. The molecule has 1 amide bonds. The maximum absolute atomic E-state index is 12.5. The van der Waals surface area contributed by atoms with E-state index in [9.17, 15) is 22.0 Å². The first-order chi connectivity index (χ1) is 10.8. The summed E-state index contributed by atoms with van der Waals surface area (Å²) in [5, 5.41) is 2.79. The molecule has 0 aliphatic carbocycles. The molecule has 7 nitrogen and oxygen atoms in total. The van der Waals surface area contributed by atoms with Crippen LogP contribution in [0.1, 0.15) is 25.7 Å². The first-order valence-electron chi connectivity index (χ1n) is 7.75. The van der Waals surface area contributed by atoms with E-state index in [1.165, 1.54) is 0 Å². The second kappa shape index (κ2) is 9.23. The van der Waals surface area contributed by atoms with Gasteiger partial charge in [-0.2, -0.15) is 13.1 Å². The fraction of sp³-hybridized carbons (Fsp3) is 0.923. The fourth-order valence-corrected chi connectivity index (χ4v) is 3.86. The number of carbonyl (C=O) groups is 1. The lowest BCUT2D eigenvalue weighted by Gasteiger charge is -2.31. The van der Waals surface area contributed by atoms with E-state index < -0.39 is 21.9 Å². The molecule has 0 aromatic rings. The van der Waals surface area contributed by atoms with Crippen molar-refractivity contribution in [2.24, 2.45) is 11.7 Å². The fourth-order valence-electron chi connectivity index (χ4n) is 2.91. The number of hydrogen-bond donors (Lipinski definition) is 2. The summed E-state index contributed by atoms with van der Waals surface area (Å²) < 4.78 is 54.0. The monoisotopic (exact) mass is 391 g/mol. The highest BCUT2D eigenvalue weighted by molar-refractivity contribution is 7.89. The van der Waals surface area contributed by atoms with Crippen molar-refractivity contribution in [1.29, 1.82) is 0 Å². The zero-order valence-corrected chi connectivity index (χ0v) is 14.8. The zero-order valence-electron chi connectivity index (χ0n) is 13.2. The number of amides is 1. The van der Waals surface area contributed by atoms with Gasteiger partial charge in [0.2, 0.25) is 5.91 Å². The zero-order chi connectivity index (χ0) is 17.0. The summed E-state index contributed by atoms with van der Waals surface area (Å²) in [6, 6.07) is 0. The SMILES string of the molecule is Cl.NC[C@H]1CC[C@@H](C(=O)NCC2CCN(S(=O)(=O)C(F)F)CC2)O1. The highest BCUT2D eigenvalue weighted by Crippen LogP contribution is 2.23. The molecule has 2 atom stereocenters. The van der Waals surface area contributed by atoms with E-state index in [2.05, 4.69) is 5.32 Å². The van der Waals surface area contributed by atoms with Crippen LogP contribution in [0, 0.1) is 5.92 Å². The molecule has 0 unspecified atom stereocenters. The molecular weight excluding hydrogens is 368 g/mol. The van der Waals surface area contributed by atoms with E-state index in [1.807, 2.05) is 0 Å². The maximum Gasteiger partial charge on any atom is 0.350 e. The minimum atomic E-state index is -4.50. The number of nitrogens with two attached hydrogens (primary N) is 1. The van der Waals surface area contributed by atoms with Gasteiger partial charge < -0.3 is 15.8 Å². The second-order valence-corrected chi connectivity index (χ2v) is 7.86. The van der Waals surface area contributed by atoms with Crippen LogP contribution in [0.2, 0.25) is 0 Å².